The van der Waals surface area contributed by atoms with E-state index < -0.39 is 98.9 Å². The fraction of sp³-hybridized carbons (Fsp3) is 0.615. The number of hydrogen-bond acceptors (Lipinski definition) is 15. The molecule has 11 atom stereocenters. The molecule has 7 N–H and O–H groups in total. The van der Waals surface area contributed by atoms with Crippen LogP contribution in [0.5, 0.6) is 0 Å². The summed E-state index contributed by atoms with van der Waals surface area (Å²) in [6, 6.07) is 4.89. The van der Waals surface area contributed by atoms with Gasteiger partial charge in [-0.15, -0.1) is 0 Å². The number of ether oxygens (including phenoxy) is 5. The summed E-state index contributed by atoms with van der Waals surface area (Å²) in [5, 5.41) is 76.0. The van der Waals surface area contributed by atoms with Crippen molar-refractivity contribution in [3.63, 3.8) is 0 Å². The van der Waals surface area contributed by atoms with E-state index in [9.17, 15) is 40.2 Å². The molecule has 2 aliphatic rings. The first-order chi connectivity index (χ1) is 21.3. The molecule has 2 aliphatic heterocycles. The molecular formula is C26H33Cl2N3O14. The van der Waals surface area contributed by atoms with Gasteiger partial charge in [0.1, 0.15) is 74.5 Å². The van der Waals surface area contributed by atoms with Crippen molar-refractivity contribution in [3.05, 3.63) is 46.5 Å². The highest BCUT2D eigenvalue weighted by Gasteiger charge is 2.48. The fourth-order valence-electron chi connectivity index (χ4n) is 4.76. The Bertz CT molecular complexity index is 1280. The standard InChI is InChI=1S/C26H33Cl2N3O14/c27-12-1-2-13(14(28)3-12)11(5-31-10-29-9-30-31)6-42-25-23(39)22(38)20(36)16(45-25)8-43-26-24(40)21(37)19(35)15(44-26)7-41-18(34)4-17(32)33/h1-3,9-11,15-16,19-26,35-40H,4-8H2,(H,32,33)/t11?,15-,16-,19-,20-,21+,22+,23-,24-,25-,26-/m1/s1. The Morgan fingerprint density at radius 3 is 2.09 bits per heavy atom. The second-order valence-electron chi connectivity index (χ2n) is 10.4. The normalized spacial score (nSPS) is 32.6. The van der Waals surface area contributed by atoms with Crippen LogP contribution in [-0.4, -0.2) is 144 Å². The van der Waals surface area contributed by atoms with Gasteiger partial charge in [-0.3, -0.25) is 14.3 Å². The molecule has 0 bridgehead atoms. The van der Waals surface area contributed by atoms with Crippen molar-refractivity contribution in [3.8, 4) is 0 Å². The number of aromatic nitrogens is 3. The maximum atomic E-state index is 11.6. The Balaban J connectivity index is 1.39. The number of carbonyl (C=O) groups is 2. The lowest BCUT2D eigenvalue weighted by Gasteiger charge is -2.43. The third-order valence-corrected chi connectivity index (χ3v) is 7.77. The monoisotopic (exact) mass is 681 g/mol. The van der Waals surface area contributed by atoms with Crippen LogP contribution >= 0.6 is 23.2 Å². The van der Waals surface area contributed by atoms with Gasteiger partial charge in [0.05, 0.1) is 19.8 Å². The van der Waals surface area contributed by atoms with E-state index in [1.165, 1.54) is 17.3 Å². The highest BCUT2D eigenvalue weighted by molar-refractivity contribution is 6.35. The SMILES string of the molecule is O=C(O)CC(=O)OC[C@H]1O[C@@H](OC[C@H]2O[C@@H](OCC(Cn3cncn3)c3ccc(Cl)cc3Cl)[C@H](O)[C@@H](O)[C@@H]2O)[C@H](O)[C@@H](O)[C@@H]1O. The number of hydrogen-bond donors (Lipinski definition) is 7. The topological polar surface area (TPSA) is 253 Å². The lowest BCUT2D eigenvalue weighted by Crippen LogP contribution is -2.62. The van der Waals surface area contributed by atoms with E-state index in [1.807, 2.05) is 0 Å². The van der Waals surface area contributed by atoms with Crippen LogP contribution in [0.3, 0.4) is 0 Å². The first-order valence-electron chi connectivity index (χ1n) is 13.6. The van der Waals surface area contributed by atoms with Crippen LogP contribution in [0.2, 0.25) is 10.0 Å². The summed E-state index contributed by atoms with van der Waals surface area (Å²) >= 11 is 12.5. The molecule has 1 aromatic carbocycles. The van der Waals surface area contributed by atoms with Crippen LogP contribution in [-0.2, 0) is 39.8 Å². The van der Waals surface area contributed by atoms with Crippen molar-refractivity contribution in [2.45, 2.75) is 80.3 Å². The molecule has 2 aromatic rings. The first kappa shape index (κ1) is 35.3. The molecule has 45 heavy (non-hydrogen) atoms. The van der Waals surface area contributed by atoms with Gasteiger partial charge in [0.2, 0.25) is 0 Å². The van der Waals surface area contributed by atoms with Crippen LogP contribution in [0.4, 0.5) is 0 Å². The average Bonchev–Trinajstić information content (AvgIpc) is 3.50. The summed E-state index contributed by atoms with van der Waals surface area (Å²) in [5.74, 6) is -3.04. The first-order valence-corrected chi connectivity index (χ1v) is 14.4. The van der Waals surface area contributed by atoms with Crippen LogP contribution in [0.1, 0.15) is 17.9 Å². The number of rotatable bonds is 13. The van der Waals surface area contributed by atoms with Crippen molar-refractivity contribution in [2.24, 2.45) is 0 Å². The minimum atomic E-state index is -1.82. The number of benzene rings is 1. The van der Waals surface area contributed by atoms with Gasteiger partial charge in [-0.2, -0.15) is 5.10 Å². The number of aliphatic hydroxyl groups excluding tert-OH is 6. The van der Waals surface area contributed by atoms with Crippen molar-refractivity contribution >= 4 is 35.1 Å². The van der Waals surface area contributed by atoms with Crippen LogP contribution in [0.25, 0.3) is 0 Å². The second kappa shape index (κ2) is 15.9. The summed E-state index contributed by atoms with van der Waals surface area (Å²) in [5.41, 5.74) is 0.634. The summed E-state index contributed by atoms with van der Waals surface area (Å²) in [6.07, 6.45) is -14.5. The lowest BCUT2D eigenvalue weighted by atomic mass is 9.98. The van der Waals surface area contributed by atoms with Gasteiger partial charge in [0.15, 0.2) is 12.6 Å². The van der Waals surface area contributed by atoms with Gasteiger partial charge in [0.25, 0.3) is 0 Å². The minimum Gasteiger partial charge on any atom is -0.481 e. The molecule has 0 aliphatic carbocycles. The lowest BCUT2D eigenvalue weighted by molar-refractivity contribution is -0.331. The van der Waals surface area contributed by atoms with Gasteiger partial charge in [-0.05, 0) is 17.7 Å². The number of carboxylic acids is 1. The number of carbonyl (C=O) groups excluding carboxylic acids is 1. The summed E-state index contributed by atoms with van der Waals surface area (Å²) in [7, 11) is 0. The Morgan fingerprint density at radius 1 is 0.889 bits per heavy atom. The zero-order chi connectivity index (χ0) is 32.8. The Kier molecular flexibility index (Phi) is 12.4. The second-order valence-corrected chi connectivity index (χ2v) is 11.3. The molecule has 250 valence electrons. The highest BCUT2D eigenvalue weighted by atomic mass is 35.5. The van der Waals surface area contributed by atoms with Crippen molar-refractivity contribution in [1.29, 1.82) is 0 Å². The van der Waals surface area contributed by atoms with E-state index in [1.54, 1.807) is 18.2 Å². The number of aliphatic carboxylic acids is 1. The zero-order valence-electron chi connectivity index (χ0n) is 23.4. The van der Waals surface area contributed by atoms with Gasteiger partial charge in [-0.25, -0.2) is 4.98 Å². The highest BCUT2D eigenvalue weighted by Crippen LogP contribution is 2.31. The van der Waals surface area contributed by atoms with Crippen LogP contribution in [0.15, 0.2) is 30.9 Å². The Morgan fingerprint density at radius 2 is 1.51 bits per heavy atom. The fourth-order valence-corrected chi connectivity index (χ4v) is 5.32. The smallest absolute Gasteiger partial charge is 0.317 e. The molecule has 0 spiro atoms. The average molecular weight is 682 g/mol. The maximum absolute atomic E-state index is 11.6. The van der Waals surface area contributed by atoms with Gasteiger partial charge in [0, 0.05) is 16.0 Å². The van der Waals surface area contributed by atoms with E-state index in [-0.39, 0.29) is 13.2 Å². The van der Waals surface area contributed by atoms with Crippen molar-refractivity contribution < 1.29 is 69.0 Å². The molecule has 19 heteroatoms. The summed E-state index contributed by atoms with van der Waals surface area (Å²) in [6.45, 7) is -1.12. The zero-order valence-corrected chi connectivity index (χ0v) is 24.9. The third-order valence-electron chi connectivity index (χ3n) is 7.20. The van der Waals surface area contributed by atoms with Gasteiger partial charge in [-0.1, -0.05) is 29.3 Å². The van der Waals surface area contributed by atoms with E-state index in [2.05, 4.69) is 10.1 Å². The molecule has 2 fully saturated rings. The molecule has 4 rings (SSSR count). The van der Waals surface area contributed by atoms with E-state index in [0.717, 1.165) is 0 Å². The molecule has 3 heterocycles. The molecular weight excluding hydrogens is 649 g/mol. The van der Waals surface area contributed by atoms with Gasteiger partial charge >= 0.3 is 11.9 Å². The quantitative estimate of drug-likeness (QED) is 0.0894. The predicted molar refractivity (Wildman–Crippen MR) is 148 cm³/mol. The van der Waals surface area contributed by atoms with Crippen LogP contribution in [0, 0.1) is 0 Å². The largest absolute Gasteiger partial charge is 0.481 e. The molecule has 0 amide bonds. The summed E-state index contributed by atoms with van der Waals surface area (Å²) < 4.78 is 28.7. The number of aliphatic hydroxyl groups is 6. The molecule has 2 saturated heterocycles. The minimum absolute atomic E-state index is 0.115. The number of nitrogens with zero attached hydrogens (tertiary/aromatic N) is 3. The molecule has 17 nitrogen and oxygen atoms in total. The molecule has 1 aromatic heterocycles. The van der Waals surface area contributed by atoms with Crippen molar-refractivity contribution in [1.82, 2.24) is 14.8 Å². The summed E-state index contributed by atoms with van der Waals surface area (Å²) in [4.78, 5) is 26.2. The van der Waals surface area contributed by atoms with E-state index in [0.29, 0.717) is 15.6 Å². The molecule has 1 unspecified atom stereocenters. The number of halogens is 2. The van der Waals surface area contributed by atoms with Crippen LogP contribution < -0.4 is 0 Å². The number of carboxylic acid groups (broad SMARTS) is 1. The third kappa shape index (κ3) is 9.06. The Hall–Kier alpha value is -2.52. The van der Waals surface area contributed by atoms with Crippen molar-refractivity contribution in [2.75, 3.05) is 19.8 Å². The van der Waals surface area contributed by atoms with E-state index in [4.69, 9.17) is 52.0 Å². The molecule has 0 radical (unpaired) electrons. The maximum Gasteiger partial charge on any atom is 0.317 e. The van der Waals surface area contributed by atoms with Gasteiger partial charge < -0.3 is 59.4 Å². The van der Waals surface area contributed by atoms with E-state index >= 15 is 0 Å². The molecule has 0 saturated carbocycles. The Labute approximate surface area is 265 Å². The number of esters is 1. The predicted octanol–water partition coefficient (Wildman–Crippen LogP) is -1.96.